The van der Waals surface area contributed by atoms with E-state index < -0.39 is 0 Å². The van der Waals surface area contributed by atoms with Gasteiger partial charge in [-0.25, -0.2) is 0 Å². The molecule has 5 nitrogen and oxygen atoms in total. The lowest BCUT2D eigenvalue weighted by Gasteiger charge is -2.23. The van der Waals surface area contributed by atoms with E-state index >= 15 is 0 Å². The van der Waals surface area contributed by atoms with Crippen LogP contribution >= 0.6 is 12.2 Å². The number of hydrogen-bond donors (Lipinski definition) is 3. The molecule has 1 aliphatic rings. The van der Waals surface area contributed by atoms with E-state index in [2.05, 4.69) is 16.0 Å². The van der Waals surface area contributed by atoms with Crippen molar-refractivity contribution in [3.63, 3.8) is 0 Å². The topological polar surface area (TPSA) is 70.2 Å². The molecule has 0 heterocycles. The highest BCUT2D eigenvalue weighted by Crippen LogP contribution is 2.20. The van der Waals surface area contributed by atoms with Gasteiger partial charge in [-0.15, -0.1) is 0 Å². The fraction of sp³-hybridized carbons (Fsp3) is 0.286. The Hall–Kier alpha value is -2.73. The minimum atomic E-state index is -0.294. The number of carbonyl (C=O) groups is 2. The number of hydrogen-bond acceptors (Lipinski definition) is 3. The van der Waals surface area contributed by atoms with Crippen LogP contribution in [0.4, 0.5) is 5.69 Å². The van der Waals surface area contributed by atoms with Gasteiger partial charge in [0.1, 0.15) is 0 Å². The van der Waals surface area contributed by atoms with Crippen LogP contribution in [0.15, 0.2) is 54.6 Å². The summed E-state index contributed by atoms with van der Waals surface area (Å²) >= 11 is 5.25. The third-order valence-corrected chi connectivity index (χ3v) is 4.83. The Morgan fingerprint density at radius 1 is 0.852 bits per heavy atom. The number of para-hydroxylation sites is 1. The summed E-state index contributed by atoms with van der Waals surface area (Å²) in [5.74, 6) is -0.417. The number of amides is 2. The molecule has 0 radical (unpaired) electrons. The van der Waals surface area contributed by atoms with Crippen LogP contribution in [0.1, 0.15) is 52.8 Å². The van der Waals surface area contributed by atoms with Gasteiger partial charge in [0.15, 0.2) is 5.11 Å². The van der Waals surface area contributed by atoms with Crippen molar-refractivity contribution in [2.75, 3.05) is 5.32 Å². The molecule has 27 heavy (non-hydrogen) atoms. The minimum absolute atomic E-state index is 0.123. The van der Waals surface area contributed by atoms with Crippen LogP contribution in [0.25, 0.3) is 0 Å². The Morgan fingerprint density at radius 3 is 2.26 bits per heavy atom. The van der Waals surface area contributed by atoms with Crippen molar-refractivity contribution in [1.29, 1.82) is 0 Å². The Labute approximate surface area is 164 Å². The van der Waals surface area contributed by atoms with E-state index in [1.807, 2.05) is 18.2 Å². The number of carbonyl (C=O) groups excluding carboxylic acids is 2. The van der Waals surface area contributed by atoms with Crippen LogP contribution in [0.5, 0.6) is 0 Å². The average molecular weight is 382 g/mol. The number of benzene rings is 2. The van der Waals surface area contributed by atoms with Gasteiger partial charge in [-0.2, -0.15) is 0 Å². The van der Waals surface area contributed by atoms with E-state index in [1.165, 1.54) is 6.42 Å². The molecule has 2 aromatic carbocycles. The fourth-order valence-corrected chi connectivity index (χ4v) is 3.42. The predicted octanol–water partition coefficient (Wildman–Crippen LogP) is 3.88. The lowest BCUT2D eigenvalue weighted by Crippen LogP contribution is -2.37. The van der Waals surface area contributed by atoms with Gasteiger partial charge >= 0.3 is 0 Å². The third kappa shape index (κ3) is 5.37. The van der Waals surface area contributed by atoms with Crippen LogP contribution in [0.2, 0.25) is 0 Å². The molecule has 6 heteroatoms. The summed E-state index contributed by atoms with van der Waals surface area (Å²) in [6.45, 7) is 0. The summed E-state index contributed by atoms with van der Waals surface area (Å²) < 4.78 is 0. The predicted molar refractivity (Wildman–Crippen MR) is 111 cm³/mol. The highest BCUT2D eigenvalue weighted by Gasteiger charge is 2.19. The van der Waals surface area contributed by atoms with Gasteiger partial charge in [0.25, 0.3) is 11.8 Å². The summed E-state index contributed by atoms with van der Waals surface area (Å²) in [5.41, 5.74) is 1.61. The van der Waals surface area contributed by atoms with Crippen molar-refractivity contribution in [3.8, 4) is 0 Å². The Kier molecular flexibility index (Phi) is 6.54. The molecule has 140 valence electrons. The van der Waals surface area contributed by atoms with Crippen molar-refractivity contribution in [2.24, 2.45) is 0 Å². The summed E-state index contributed by atoms with van der Waals surface area (Å²) in [6, 6.07) is 16.2. The second kappa shape index (κ2) is 9.28. The molecule has 0 unspecified atom stereocenters. The maximum Gasteiger partial charge on any atom is 0.257 e. The summed E-state index contributed by atoms with van der Waals surface area (Å²) in [4.78, 5) is 24.9. The first-order chi connectivity index (χ1) is 13.1. The monoisotopic (exact) mass is 381 g/mol. The van der Waals surface area contributed by atoms with E-state index in [0.29, 0.717) is 16.8 Å². The van der Waals surface area contributed by atoms with E-state index in [9.17, 15) is 9.59 Å². The van der Waals surface area contributed by atoms with Crippen molar-refractivity contribution in [2.45, 2.75) is 38.1 Å². The molecule has 0 atom stereocenters. The maximum atomic E-state index is 12.7. The molecular formula is C21H23N3O2S. The Bertz CT molecular complexity index is 817. The standard InChI is InChI=1S/C21H23N3O2S/c25-19(15-9-3-1-4-10-15)24-21(27)23-18-14-8-7-13-17(18)20(26)22-16-11-5-2-6-12-16/h1,3-4,7-10,13-14,16H,2,5-6,11-12H2,(H,22,26)(H2,23,24,25,27). The first kappa shape index (κ1) is 19.0. The summed E-state index contributed by atoms with van der Waals surface area (Å²) in [6.07, 6.45) is 5.58. The average Bonchev–Trinajstić information content (AvgIpc) is 2.69. The first-order valence-electron chi connectivity index (χ1n) is 9.21. The van der Waals surface area contributed by atoms with Crippen molar-refractivity contribution in [1.82, 2.24) is 10.6 Å². The SMILES string of the molecule is O=C(NC(=S)Nc1ccccc1C(=O)NC1CCCCC1)c1ccccc1. The van der Waals surface area contributed by atoms with Gasteiger partial charge < -0.3 is 10.6 Å². The molecule has 3 N–H and O–H groups in total. The quantitative estimate of drug-likeness (QED) is 0.703. The second-order valence-corrected chi connectivity index (χ2v) is 7.04. The molecule has 0 aromatic heterocycles. The molecule has 2 amide bonds. The first-order valence-corrected chi connectivity index (χ1v) is 9.61. The largest absolute Gasteiger partial charge is 0.349 e. The zero-order valence-corrected chi connectivity index (χ0v) is 15.9. The van der Waals surface area contributed by atoms with Gasteiger partial charge in [-0.3, -0.25) is 14.9 Å². The highest BCUT2D eigenvalue weighted by atomic mass is 32.1. The molecule has 1 fully saturated rings. The second-order valence-electron chi connectivity index (χ2n) is 6.63. The zero-order chi connectivity index (χ0) is 19.1. The minimum Gasteiger partial charge on any atom is -0.349 e. The van der Waals surface area contributed by atoms with Gasteiger partial charge in [0.2, 0.25) is 0 Å². The van der Waals surface area contributed by atoms with Crippen LogP contribution in [-0.4, -0.2) is 23.0 Å². The lowest BCUT2D eigenvalue weighted by molar-refractivity contribution is 0.0927. The number of anilines is 1. The molecule has 0 bridgehead atoms. The van der Waals surface area contributed by atoms with Gasteiger partial charge in [0, 0.05) is 11.6 Å². The molecule has 1 aliphatic carbocycles. The number of thiocarbonyl (C=S) groups is 1. The Balaban J connectivity index is 1.63. The van der Waals surface area contributed by atoms with Crippen molar-refractivity contribution in [3.05, 3.63) is 65.7 Å². The third-order valence-electron chi connectivity index (χ3n) is 4.62. The van der Waals surface area contributed by atoms with Crippen molar-refractivity contribution >= 4 is 34.8 Å². The highest BCUT2D eigenvalue weighted by molar-refractivity contribution is 7.80. The molecule has 3 rings (SSSR count). The Morgan fingerprint density at radius 2 is 1.52 bits per heavy atom. The maximum absolute atomic E-state index is 12.7. The molecule has 0 saturated heterocycles. The number of rotatable bonds is 4. The van der Waals surface area contributed by atoms with Gasteiger partial charge in [-0.1, -0.05) is 49.6 Å². The van der Waals surface area contributed by atoms with E-state index in [-0.39, 0.29) is 23.0 Å². The molecule has 0 aliphatic heterocycles. The van der Waals surface area contributed by atoms with Gasteiger partial charge in [0.05, 0.1) is 11.3 Å². The smallest absolute Gasteiger partial charge is 0.257 e. The lowest BCUT2D eigenvalue weighted by atomic mass is 9.95. The van der Waals surface area contributed by atoms with Crippen molar-refractivity contribution < 1.29 is 9.59 Å². The van der Waals surface area contributed by atoms with Crippen LogP contribution in [-0.2, 0) is 0 Å². The van der Waals surface area contributed by atoms with Crippen LogP contribution < -0.4 is 16.0 Å². The molecule has 2 aromatic rings. The normalized spacial score (nSPS) is 14.2. The molecular weight excluding hydrogens is 358 g/mol. The molecule has 0 spiro atoms. The van der Waals surface area contributed by atoms with E-state index in [1.54, 1.807) is 36.4 Å². The summed E-state index contributed by atoms with van der Waals surface area (Å²) in [5, 5.41) is 8.87. The number of nitrogens with one attached hydrogen (secondary N) is 3. The fourth-order valence-electron chi connectivity index (χ4n) is 3.22. The van der Waals surface area contributed by atoms with Gasteiger partial charge in [-0.05, 0) is 49.3 Å². The van der Waals surface area contributed by atoms with E-state index in [0.717, 1.165) is 25.7 Å². The molecule has 1 saturated carbocycles. The van der Waals surface area contributed by atoms with Crippen LogP contribution in [0.3, 0.4) is 0 Å². The summed E-state index contributed by atoms with van der Waals surface area (Å²) in [7, 11) is 0. The van der Waals surface area contributed by atoms with Crippen LogP contribution in [0, 0.1) is 0 Å². The zero-order valence-electron chi connectivity index (χ0n) is 15.0. The van der Waals surface area contributed by atoms with E-state index in [4.69, 9.17) is 12.2 Å².